The topological polar surface area (TPSA) is 12.0 Å². The number of rotatable bonds is 4. The zero-order valence-corrected chi connectivity index (χ0v) is 13.0. The van der Waals surface area contributed by atoms with E-state index in [4.69, 9.17) is 0 Å². The van der Waals surface area contributed by atoms with Gasteiger partial charge in [-0.1, -0.05) is 35.0 Å². The standard InChI is InChI=1S/C16H16BrF2N/c1-3-20-16(13-7-5-11(17)8-15(13)19)14-9-12(18)6-4-10(14)2/h4-9,16,20H,3H2,1-2H3. The molecular weight excluding hydrogens is 324 g/mol. The van der Waals surface area contributed by atoms with Crippen molar-refractivity contribution in [3.8, 4) is 0 Å². The van der Waals surface area contributed by atoms with Gasteiger partial charge in [-0.15, -0.1) is 0 Å². The Kier molecular flexibility index (Phi) is 4.89. The summed E-state index contributed by atoms with van der Waals surface area (Å²) >= 11 is 3.25. The molecule has 2 rings (SSSR count). The van der Waals surface area contributed by atoms with Gasteiger partial charge >= 0.3 is 0 Å². The van der Waals surface area contributed by atoms with E-state index in [-0.39, 0.29) is 17.7 Å². The van der Waals surface area contributed by atoms with Gasteiger partial charge in [-0.25, -0.2) is 8.78 Å². The van der Waals surface area contributed by atoms with E-state index < -0.39 is 0 Å². The first-order chi connectivity index (χ1) is 9.52. The van der Waals surface area contributed by atoms with Gasteiger partial charge in [0.05, 0.1) is 6.04 Å². The minimum Gasteiger partial charge on any atom is -0.306 e. The maximum Gasteiger partial charge on any atom is 0.129 e. The normalized spacial score (nSPS) is 12.4. The Balaban J connectivity index is 2.53. The van der Waals surface area contributed by atoms with E-state index in [9.17, 15) is 8.78 Å². The lowest BCUT2D eigenvalue weighted by Crippen LogP contribution is -2.24. The highest BCUT2D eigenvalue weighted by Crippen LogP contribution is 2.29. The van der Waals surface area contributed by atoms with Crippen molar-refractivity contribution in [3.63, 3.8) is 0 Å². The Morgan fingerprint density at radius 3 is 2.50 bits per heavy atom. The Morgan fingerprint density at radius 1 is 1.10 bits per heavy atom. The van der Waals surface area contributed by atoms with Crippen LogP contribution in [0.1, 0.15) is 29.7 Å². The lowest BCUT2D eigenvalue weighted by atomic mass is 9.94. The van der Waals surface area contributed by atoms with Crippen LogP contribution in [-0.4, -0.2) is 6.54 Å². The number of nitrogens with one attached hydrogen (secondary N) is 1. The van der Waals surface area contributed by atoms with Crippen LogP contribution in [0.2, 0.25) is 0 Å². The van der Waals surface area contributed by atoms with Crippen molar-refractivity contribution in [1.29, 1.82) is 0 Å². The fraction of sp³-hybridized carbons (Fsp3) is 0.250. The van der Waals surface area contributed by atoms with Crippen molar-refractivity contribution in [2.45, 2.75) is 19.9 Å². The molecule has 1 nitrogen and oxygen atoms in total. The third-order valence-corrected chi connectivity index (χ3v) is 3.73. The molecule has 2 aromatic rings. The Hall–Kier alpha value is -1.26. The molecule has 0 heterocycles. The first kappa shape index (κ1) is 15.1. The number of halogens is 3. The molecule has 0 saturated heterocycles. The zero-order chi connectivity index (χ0) is 14.7. The van der Waals surface area contributed by atoms with Crippen LogP contribution in [0.4, 0.5) is 8.78 Å². The largest absolute Gasteiger partial charge is 0.306 e. The van der Waals surface area contributed by atoms with E-state index in [1.54, 1.807) is 18.2 Å². The highest BCUT2D eigenvalue weighted by atomic mass is 79.9. The zero-order valence-electron chi connectivity index (χ0n) is 11.4. The van der Waals surface area contributed by atoms with Gasteiger partial charge in [0, 0.05) is 10.0 Å². The van der Waals surface area contributed by atoms with Crippen LogP contribution in [-0.2, 0) is 0 Å². The predicted octanol–water partition coefficient (Wildman–Crippen LogP) is 4.73. The molecule has 0 aromatic heterocycles. The fourth-order valence-electron chi connectivity index (χ4n) is 2.25. The summed E-state index contributed by atoms with van der Waals surface area (Å²) in [5.74, 6) is -0.625. The maximum absolute atomic E-state index is 14.2. The van der Waals surface area contributed by atoms with E-state index in [0.717, 1.165) is 11.1 Å². The van der Waals surface area contributed by atoms with Crippen LogP contribution >= 0.6 is 15.9 Å². The molecule has 0 saturated carbocycles. The van der Waals surface area contributed by atoms with Crippen LogP contribution in [0, 0.1) is 18.6 Å². The van der Waals surface area contributed by atoms with Crippen LogP contribution in [0.5, 0.6) is 0 Å². The molecule has 20 heavy (non-hydrogen) atoms. The predicted molar refractivity (Wildman–Crippen MR) is 80.8 cm³/mol. The van der Waals surface area contributed by atoms with Crippen molar-refractivity contribution in [2.75, 3.05) is 6.54 Å². The summed E-state index contributed by atoms with van der Waals surface area (Å²) < 4.78 is 28.4. The van der Waals surface area contributed by atoms with Crippen LogP contribution in [0.3, 0.4) is 0 Å². The molecule has 0 aliphatic carbocycles. The Morgan fingerprint density at radius 2 is 1.85 bits per heavy atom. The fourth-order valence-corrected chi connectivity index (χ4v) is 2.58. The SMILES string of the molecule is CCNC(c1cc(F)ccc1C)c1ccc(Br)cc1F. The second-order valence-electron chi connectivity index (χ2n) is 4.66. The van der Waals surface area contributed by atoms with Gasteiger partial charge < -0.3 is 5.32 Å². The quantitative estimate of drug-likeness (QED) is 0.848. The number of hydrogen-bond acceptors (Lipinski definition) is 1. The third kappa shape index (κ3) is 3.25. The smallest absolute Gasteiger partial charge is 0.129 e. The molecule has 2 aromatic carbocycles. The van der Waals surface area contributed by atoms with Gasteiger partial charge in [0.1, 0.15) is 11.6 Å². The molecule has 0 aliphatic heterocycles. The summed E-state index contributed by atoms with van der Waals surface area (Å²) in [4.78, 5) is 0. The molecule has 106 valence electrons. The summed E-state index contributed by atoms with van der Waals surface area (Å²) in [5, 5.41) is 3.22. The molecule has 0 fully saturated rings. The highest BCUT2D eigenvalue weighted by Gasteiger charge is 2.19. The van der Waals surface area contributed by atoms with Crippen molar-refractivity contribution in [2.24, 2.45) is 0 Å². The molecule has 0 bridgehead atoms. The molecule has 1 N–H and O–H groups in total. The van der Waals surface area contributed by atoms with Gasteiger partial charge in [0.2, 0.25) is 0 Å². The summed E-state index contributed by atoms with van der Waals surface area (Å²) in [6.07, 6.45) is 0. The number of aryl methyl sites for hydroxylation is 1. The van der Waals surface area contributed by atoms with Crippen LogP contribution in [0.25, 0.3) is 0 Å². The maximum atomic E-state index is 14.2. The van der Waals surface area contributed by atoms with Gasteiger partial charge in [-0.2, -0.15) is 0 Å². The number of benzene rings is 2. The Labute approximate surface area is 126 Å². The van der Waals surface area contributed by atoms with E-state index in [1.807, 2.05) is 13.8 Å². The average molecular weight is 340 g/mol. The monoisotopic (exact) mass is 339 g/mol. The molecule has 1 unspecified atom stereocenters. The first-order valence-corrected chi connectivity index (χ1v) is 7.26. The lowest BCUT2D eigenvalue weighted by Gasteiger charge is -2.21. The highest BCUT2D eigenvalue weighted by molar-refractivity contribution is 9.10. The minimum atomic E-state index is -0.358. The first-order valence-electron chi connectivity index (χ1n) is 6.47. The van der Waals surface area contributed by atoms with Gasteiger partial charge in [-0.3, -0.25) is 0 Å². The van der Waals surface area contributed by atoms with E-state index >= 15 is 0 Å². The number of hydrogen-bond donors (Lipinski definition) is 1. The second kappa shape index (κ2) is 6.46. The minimum absolute atomic E-state index is 0.311. The summed E-state index contributed by atoms with van der Waals surface area (Å²) in [5.41, 5.74) is 2.21. The van der Waals surface area contributed by atoms with E-state index in [2.05, 4.69) is 21.2 Å². The molecule has 1 atom stereocenters. The summed E-state index contributed by atoms with van der Waals surface area (Å²) in [6, 6.07) is 9.17. The summed E-state index contributed by atoms with van der Waals surface area (Å²) in [7, 11) is 0. The molecule has 4 heteroatoms. The van der Waals surface area contributed by atoms with Crippen LogP contribution < -0.4 is 5.32 Å². The van der Waals surface area contributed by atoms with Crippen LogP contribution in [0.15, 0.2) is 40.9 Å². The van der Waals surface area contributed by atoms with Crippen molar-refractivity contribution in [1.82, 2.24) is 5.32 Å². The molecular formula is C16H16BrF2N. The summed E-state index contributed by atoms with van der Waals surface area (Å²) in [6.45, 7) is 4.50. The van der Waals surface area contributed by atoms with Crippen molar-refractivity contribution >= 4 is 15.9 Å². The molecule has 0 spiro atoms. The third-order valence-electron chi connectivity index (χ3n) is 3.23. The lowest BCUT2D eigenvalue weighted by molar-refractivity contribution is 0.552. The molecule has 0 amide bonds. The average Bonchev–Trinajstić information content (AvgIpc) is 2.40. The molecule has 0 radical (unpaired) electrons. The van der Waals surface area contributed by atoms with Crippen molar-refractivity contribution < 1.29 is 8.78 Å². The van der Waals surface area contributed by atoms with Crippen molar-refractivity contribution in [3.05, 3.63) is 69.2 Å². The van der Waals surface area contributed by atoms with Gasteiger partial charge in [0.25, 0.3) is 0 Å². The van der Waals surface area contributed by atoms with E-state index in [0.29, 0.717) is 16.6 Å². The van der Waals surface area contributed by atoms with Gasteiger partial charge in [0.15, 0.2) is 0 Å². The molecule has 0 aliphatic rings. The van der Waals surface area contributed by atoms with Gasteiger partial charge in [-0.05, 0) is 48.9 Å². The second-order valence-corrected chi connectivity index (χ2v) is 5.57. The Bertz CT molecular complexity index is 613. The van der Waals surface area contributed by atoms with E-state index in [1.165, 1.54) is 18.2 Å².